The van der Waals surface area contributed by atoms with Crippen LogP contribution in [0.2, 0.25) is 0 Å². The van der Waals surface area contributed by atoms with Crippen molar-refractivity contribution in [3.05, 3.63) is 95.2 Å². The second-order valence-corrected chi connectivity index (χ2v) is 7.14. The van der Waals surface area contributed by atoms with E-state index in [1.165, 1.54) is 0 Å². The number of carbonyl (C=O) groups excluding carboxylic acids is 1. The van der Waals surface area contributed by atoms with Gasteiger partial charge in [0.05, 0.1) is 5.56 Å². The quantitative estimate of drug-likeness (QED) is 0.476. The Hall–Kier alpha value is -4.10. The Kier molecular flexibility index (Phi) is 5.19. The Morgan fingerprint density at radius 2 is 1.77 bits per heavy atom. The highest BCUT2D eigenvalue weighted by atomic mass is 16.4. The van der Waals surface area contributed by atoms with Gasteiger partial charge in [0.25, 0.3) is 0 Å². The van der Waals surface area contributed by atoms with Crippen LogP contribution < -0.4 is 0 Å². The average Bonchev–Trinajstić information content (AvgIpc) is 3.20. The zero-order valence-corrected chi connectivity index (χ0v) is 16.4. The molecule has 4 heteroatoms. The third kappa shape index (κ3) is 4.01. The van der Waals surface area contributed by atoms with Crippen molar-refractivity contribution in [2.45, 2.75) is 13.3 Å². The molecule has 1 heterocycles. The van der Waals surface area contributed by atoms with Crippen molar-refractivity contribution in [1.82, 2.24) is 4.98 Å². The summed E-state index contributed by atoms with van der Waals surface area (Å²) < 4.78 is 0. The lowest BCUT2D eigenvalue weighted by atomic mass is 9.93. The van der Waals surface area contributed by atoms with Crippen molar-refractivity contribution in [1.29, 1.82) is 0 Å². The Morgan fingerprint density at radius 1 is 0.967 bits per heavy atom. The van der Waals surface area contributed by atoms with Crippen LogP contribution in [-0.2, 0) is 11.2 Å². The Bertz CT molecular complexity index is 1320. The number of carboxylic acids is 1. The first-order valence-corrected chi connectivity index (χ1v) is 9.55. The Balaban J connectivity index is 1.77. The number of Topliss-reactive ketones (excluding diaryl/α,β-unsaturated/α-hetero) is 1. The summed E-state index contributed by atoms with van der Waals surface area (Å²) in [4.78, 5) is 26.3. The predicted octanol–water partition coefficient (Wildman–Crippen LogP) is 5.06. The number of aromatic carboxylic acids is 1. The van der Waals surface area contributed by atoms with E-state index >= 15 is 0 Å². The van der Waals surface area contributed by atoms with Gasteiger partial charge in [0.2, 0.25) is 0 Å². The standard InChI is InChI=1S/C26H19NO3/c1-17(28)15-19-7-5-18(6-8-19)9-10-21-3-2-4-23(26(29)30)25(21)22-12-11-20-13-14-27-24(20)16-22/h2-8,11-14,16,27H,15H2,1H3,(H,29,30). The number of H-pyrrole nitrogens is 1. The first kappa shape index (κ1) is 19.2. The molecule has 0 amide bonds. The zero-order chi connectivity index (χ0) is 21.1. The van der Waals surface area contributed by atoms with Crippen molar-refractivity contribution >= 4 is 22.7 Å². The molecule has 0 saturated heterocycles. The van der Waals surface area contributed by atoms with Crippen molar-refractivity contribution in [3.8, 4) is 23.0 Å². The fraction of sp³-hybridized carbons (Fsp3) is 0.0769. The fourth-order valence-corrected chi connectivity index (χ4v) is 3.48. The van der Waals surface area contributed by atoms with E-state index in [0.29, 0.717) is 17.5 Å². The number of aromatic amines is 1. The van der Waals surface area contributed by atoms with Crippen LogP contribution in [0.4, 0.5) is 0 Å². The maximum atomic E-state index is 11.9. The van der Waals surface area contributed by atoms with Crippen LogP contribution in [0, 0.1) is 11.8 Å². The van der Waals surface area contributed by atoms with Gasteiger partial charge in [-0.2, -0.15) is 0 Å². The monoisotopic (exact) mass is 393 g/mol. The van der Waals surface area contributed by atoms with E-state index < -0.39 is 5.97 Å². The SMILES string of the molecule is CC(=O)Cc1ccc(C#Cc2cccc(C(=O)O)c2-c2ccc3cc[nH]c3c2)cc1. The number of ketones is 1. The lowest BCUT2D eigenvalue weighted by molar-refractivity contribution is -0.116. The molecule has 0 aliphatic rings. The molecule has 0 unspecified atom stereocenters. The summed E-state index contributed by atoms with van der Waals surface area (Å²) in [5.74, 6) is 5.37. The Morgan fingerprint density at radius 3 is 2.50 bits per heavy atom. The number of carbonyl (C=O) groups is 2. The van der Waals surface area contributed by atoms with Crippen molar-refractivity contribution in [2.75, 3.05) is 0 Å². The molecular formula is C26H19NO3. The highest BCUT2D eigenvalue weighted by molar-refractivity contribution is 5.99. The van der Waals surface area contributed by atoms with Gasteiger partial charge in [-0.05, 0) is 59.8 Å². The third-order valence-corrected chi connectivity index (χ3v) is 4.89. The topological polar surface area (TPSA) is 70.2 Å². The molecule has 0 fully saturated rings. The minimum Gasteiger partial charge on any atom is -0.478 e. The van der Waals surface area contributed by atoms with Gasteiger partial charge in [0, 0.05) is 34.8 Å². The van der Waals surface area contributed by atoms with Gasteiger partial charge < -0.3 is 10.1 Å². The lowest BCUT2D eigenvalue weighted by Gasteiger charge is -2.10. The molecule has 4 aromatic rings. The highest BCUT2D eigenvalue weighted by Gasteiger charge is 2.15. The molecule has 0 radical (unpaired) electrons. The molecule has 146 valence electrons. The molecule has 0 aliphatic carbocycles. The van der Waals surface area contributed by atoms with E-state index in [2.05, 4.69) is 16.8 Å². The Labute approximate surface area is 174 Å². The van der Waals surface area contributed by atoms with Crippen LogP contribution in [0.1, 0.15) is 34.0 Å². The van der Waals surface area contributed by atoms with E-state index in [9.17, 15) is 14.7 Å². The smallest absolute Gasteiger partial charge is 0.336 e. The van der Waals surface area contributed by atoms with E-state index in [1.54, 1.807) is 19.1 Å². The summed E-state index contributed by atoms with van der Waals surface area (Å²) in [6, 6.07) is 20.4. The molecule has 0 bridgehead atoms. The van der Waals surface area contributed by atoms with Gasteiger partial charge in [-0.3, -0.25) is 4.79 Å². The summed E-state index contributed by atoms with van der Waals surface area (Å²) in [5, 5.41) is 10.8. The first-order chi connectivity index (χ1) is 14.5. The van der Waals surface area contributed by atoms with Gasteiger partial charge in [-0.25, -0.2) is 4.79 Å². The molecule has 0 spiro atoms. The summed E-state index contributed by atoms with van der Waals surface area (Å²) in [5.41, 5.74) is 4.94. The normalized spacial score (nSPS) is 10.4. The van der Waals surface area contributed by atoms with Crippen LogP contribution >= 0.6 is 0 Å². The number of hydrogen-bond donors (Lipinski definition) is 2. The van der Waals surface area contributed by atoms with Crippen LogP contribution in [0.15, 0.2) is 72.9 Å². The predicted molar refractivity (Wildman–Crippen MR) is 118 cm³/mol. The minimum atomic E-state index is -0.992. The van der Waals surface area contributed by atoms with Crippen molar-refractivity contribution in [2.24, 2.45) is 0 Å². The second kappa shape index (κ2) is 8.10. The molecule has 2 N–H and O–H groups in total. The molecule has 1 aromatic heterocycles. The van der Waals surface area contributed by atoms with Crippen LogP contribution in [-0.4, -0.2) is 21.8 Å². The van der Waals surface area contributed by atoms with Crippen LogP contribution in [0.3, 0.4) is 0 Å². The highest BCUT2D eigenvalue weighted by Crippen LogP contribution is 2.30. The van der Waals surface area contributed by atoms with Crippen LogP contribution in [0.5, 0.6) is 0 Å². The zero-order valence-electron chi connectivity index (χ0n) is 16.4. The number of hydrogen-bond acceptors (Lipinski definition) is 2. The van der Waals surface area contributed by atoms with E-state index in [4.69, 9.17) is 0 Å². The molecule has 0 saturated carbocycles. The summed E-state index contributed by atoms with van der Waals surface area (Å²) in [7, 11) is 0. The summed E-state index contributed by atoms with van der Waals surface area (Å²) in [6.45, 7) is 1.56. The average molecular weight is 393 g/mol. The second-order valence-electron chi connectivity index (χ2n) is 7.14. The van der Waals surface area contributed by atoms with Gasteiger partial charge in [0.1, 0.15) is 5.78 Å². The fourth-order valence-electron chi connectivity index (χ4n) is 3.48. The maximum Gasteiger partial charge on any atom is 0.336 e. The van der Waals surface area contributed by atoms with E-state index in [1.807, 2.05) is 60.8 Å². The minimum absolute atomic E-state index is 0.114. The van der Waals surface area contributed by atoms with Gasteiger partial charge in [-0.15, -0.1) is 0 Å². The molecule has 4 nitrogen and oxygen atoms in total. The molecule has 0 atom stereocenters. The molecule has 4 rings (SSSR count). The summed E-state index contributed by atoms with van der Waals surface area (Å²) >= 11 is 0. The number of rotatable bonds is 4. The third-order valence-electron chi connectivity index (χ3n) is 4.89. The van der Waals surface area contributed by atoms with Crippen molar-refractivity contribution < 1.29 is 14.7 Å². The number of aromatic nitrogens is 1. The number of fused-ring (bicyclic) bond motifs is 1. The largest absolute Gasteiger partial charge is 0.478 e. The molecule has 30 heavy (non-hydrogen) atoms. The summed E-state index contributed by atoms with van der Waals surface area (Å²) in [6.07, 6.45) is 2.26. The van der Waals surface area contributed by atoms with Gasteiger partial charge >= 0.3 is 5.97 Å². The number of benzene rings is 3. The van der Waals surface area contributed by atoms with Crippen LogP contribution in [0.25, 0.3) is 22.0 Å². The van der Waals surface area contributed by atoms with Crippen molar-refractivity contribution in [3.63, 3.8) is 0 Å². The number of carboxylic acid groups (broad SMARTS) is 1. The lowest BCUT2D eigenvalue weighted by Crippen LogP contribution is -2.01. The van der Waals surface area contributed by atoms with E-state index in [-0.39, 0.29) is 11.3 Å². The maximum absolute atomic E-state index is 11.9. The molecule has 0 aliphatic heterocycles. The first-order valence-electron chi connectivity index (χ1n) is 9.55. The molecular weight excluding hydrogens is 374 g/mol. The van der Waals surface area contributed by atoms with Gasteiger partial charge in [0.15, 0.2) is 0 Å². The van der Waals surface area contributed by atoms with E-state index in [0.717, 1.165) is 27.6 Å². The van der Waals surface area contributed by atoms with Gasteiger partial charge in [-0.1, -0.05) is 42.2 Å². The number of nitrogens with one attached hydrogen (secondary N) is 1. The molecule has 3 aromatic carbocycles.